The number of piperidine rings is 1. The Bertz CT molecular complexity index is 906. The SMILES string of the molecule is CN(CC(=O)Nc1ccccc1Br)C(=O)C1CCCN(C(=O)Nc2ccccc2)C1. The van der Waals surface area contributed by atoms with Gasteiger partial charge in [-0.15, -0.1) is 0 Å². The van der Waals surface area contributed by atoms with Crippen molar-refractivity contribution < 1.29 is 14.4 Å². The number of benzene rings is 2. The van der Waals surface area contributed by atoms with Gasteiger partial charge >= 0.3 is 6.03 Å². The topological polar surface area (TPSA) is 81.8 Å². The maximum absolute atomic E-state index is 12.9. The number of rotatable bonds is 5. The van der Waals surface area contributed by atoms with Crippen LogP contribution in [0.1, 0.15) is 12.8 Å². The van der Waals surface area contributed by atoms with Crippen LogP contribution in [0.4, 0.5) is 16.2 Å². The van der Waals surface area contributed by atoms with Gasteiger partial charge in [-0.05, 0) is 53.0 Å². The largest absolute Gasteiger partial charge is 0.336 e. The molecular formula is C22H25BrN4O3. The summed E-state index contributed by atoms with van der Waals surface area (Å²) in [5.74, 6) is -0.719. The minimum absolute atomic E-state index is 0.0487. The maximum atomic E-state index is 12.9. The van der Waals surface area contributed by atoms with Gasteiger partial charge < -0.3 is 20.4 Å². The smallest absolute Gasteiger partial charge is 0.321 e. The molecule has 1 aliphatic heterocycles. The summed E-state index contributed by atoms with van der Waals surface area (Å²) in [5.41, 5.74) is 1.38. The Morgan fingerprint density at radius 3 is 2.50 bits per heavy atom. The minimum atomic E-state index is -0.318. The Morgan fingerprint density at radius 1 is 1.07 bits per heavy atom. The average Bonchev–Trinajstić information content (AvgIpc) is 2.75. The van der Waals surface area contributed by atoms with E-state index in [1.807, 2.05) is 48.5 Å². The Balaban J connectivity index is 1.53. The molecule has 0 bridgehead atoms. The van der Waals surface area contributed by atoms with E-state index in [9.17, 15) is 14.4 Å². The van der Waals surface area contributed by atoms with Crippen LogP contribution in [0.25, 0.3) is 0 Å². The van der Waals surface area contributed by atoms with Crippen molar-refractivity contribution in [3.8, 4) is 0 Å². The second kappa shape index (κ2) is 10.2. The van der Waals surface area contributed by atoms with Gasteiger partial charge in [0.15, 0.2) is 0 Å². The molecule has 1 unspecified atom stereocenters. The molecule has 1 atom stereocenters. The zero-order valence-corrected chi connectivity index (χ0v) is 18.4. The first-order chi connectivity index (χ1) is 14.4. The summed E-state index contributed by atoms with van der Waals surface area (Å²) in [6.07, 6.45) is 1.44. The lowest BCUT2D eigenvalue weighted by molar-refractivity contribution is -0.138. The molecule has 158 valence electrons. The summed E-state index contributed by atoms with van der Waals surface area (Å²) in [6.45, 7) is 0.898. The standard InChI is InChI=1S/C22H25BrN4O3/c1-26(15-20(28)25-19-12-6-5-11-18(19)23)21(29)16-8-7-13-27(14-16)22(30)24-17-9-3-2-4-10-17/h2-6,9-12,16H,7-8,13-15H2,1H3,(H,24,30)(H,25,28). The summed E-state index contributed by atoms with van der Waals surface area (Å²) in [6, 6.07) is 16.3. The second-order valence-electron chi connectivity index (χ2n) is 7.30. The number of likely N-dealkylation sites (N-methyl/N-ethyl adjacent to an activating group) is 1. The predicted octanol–water partition coefficient (Wildman–Crippen LogP) is 3.79. The van der Waals surface area contributed by atoms with Gasteiger partial charge in [0.25, 0.3) is 0 Å². The van der Waals surface area contributed by atoms with E-state index in [1.54, 1.807) is 18.0 Å². The van der Waals surface area contributed by atoms with E-state index in [4.69, 9.17) is 0 Å². The van der Waals surface area contributed by atoms with E-state index in [2.05, 4.69) is 26.6 Å². The number of hydrogen-bond acceptors (Lipinski definition) is 3. The molecule has 3 rings (SSSR count). The lowest BCUT2D eigenvalue weighted by atomic mass is 9.97. The first-order valence-corrected chi connectivity index (χ1v) is 10.6. The van der Waals surface area contributed by atoms with Crippen LogP contribution in [-0.2, 0) is 9.59 Å². The average molecular weight is 473 g/mol. The van der Waals surface area contributed by atoms with Gasteiger partial charge in [0.2, 0.25) is 11.8 Å². The summed E-state index contributed by atoms with van der Waals surface area (Å²) in [5, 5.41) is 5.66. The molecule has 2 aromatic carbocycles. The third-order valence-electron chi connectivity index (χ3n) is 4.99. The van der Waals surface area contributed by atoms with Gasteiger partial charge in [0.05, 0.1) is 18.2 Å². The van der Waals surface area contributed by atoms with Crippen LogP contribution < -0.4 is 10.6 Å². The molecule has 0 aliphatic carbocycles. The van der Waals surface area contributed by atoms with Gasteiger partial charge in [-0.3, -0.25) is 9.59 Å². The number of nitrogens with zero attached hydrogens (tertiary/aromatic N) is 2. The monoisotopic (exact) mass is 472 g/mol. The first-order valence-electron chi connectivity index (χ1n) is 9.84. The molecule has 1 aliphatic rings. The van der Waals surface area contributed by atoms with Crippen molar-refractivity contribution in [3.63, 3.8) is 0 Å². The van der Waals surface area contributed by atoms with Crippen molar-refractivity contribution in [2.24, 2.45) is 5.92 Å². The molecule has 30 heavy (non-hydrogen) atoms. The maximum Gasteiger partial charge on any atom is 0.321 e. The van der Waals surface area contributed by atoms with Crippen LogP contribution in [0.5, 0.6) is 0 Å². The third kappa shape index (κ3) is 5.82. The summed E-state index contributed by atoms with van der Waals surface area (Å²) in [7, 11) is 1.62. The van der Waals surface area contributed by atoms with E-state index in [0.29, 0.717) is 25.2 Å². The summed E-state index contributed by atoms with van der Waals surface area (Å²) < 4.78 is 0.777. The lowest BCUT2D eigenvalue weighted by Gasteiger charge is -2.33. The molecule has 4 amide bonds. The Morgan fingerprint density at radius 2 is 1.77 bits per heavy atom. The van der Waals surface area contributed by atoms with Gasteiger partial charge in [-0.25, -0.2) is 4.79 Å². The highest BCUT2D eigenvalue weighted by Crippen LogP contribution is 2.22. The number of amides is 4. The quantitative estimate of drug-likeness (QED) is 0.694. The fourth-order valence-corrected chi connectivity index (χ4v) is 3.83. The highest BCUT2D eigenvalue weighted by atomic mass is 79.9. The van der Waals surface area contributed by atoms with Gasteiger partial charge in [-0.2, -0.15) is 0 Å². The molecule has 1 fully saturated rings. The fourth-order valence-electron chi connectivity index (χ4n) is 3.44. The molecular weight excluding hydrogens is 448 g/mol. The number of para-hydroxylation sites is 2. The van der Waals surface area contributed by atoms with Crippen LogP contribution >= 0.6 is 15.9 Å². The molecule has 2 aromatic rings. The van der Waals surface area contributed by atoms with Gasteiger partial charge in [0, 0.05) is 30.3 Å². The van der Waals surface area contributed by atoms with Crippen molar-refractivity contribution >= 4 is 45.2 Å². The number of urea groups is 1. The number of nitrogens with one attached hydrogen (secondary N) is 2. The van der Waals surface area contributed by atoms with E-state index in [1.165, 1.54) is 4.90 Å². The molecule has 0 radical (unpaired) electrons. The van der Waals surface area contributed by atoms with E-state index >= 15 is 0 Å². The summed E-state index contributed by atoms with van der Waals surface area (Å²) >= 11 is 3.39. The number of anilines is 2. The fraction of sp³-hybridized carbons (Fsp3) is 0.318. The van der Waals surface area contributed by atoms with Gasteiger partial charge in [-0.1, -0.05) is 30.3 Å². The lowest BCUT2D eigenvalue weighted by Crippen LogP contribution is -2.48. The molecule has 0 spiro atoms. The third-order valence-corrected chi connectivity index (χ3v) is 5.68. The zero-order chi connectivity index (χ0) is 21.5. The van der Waals surface area contributed by atoms with E-state index < -0.39 is 0 Å². The van der Waals surface area contributed by atoms with Gasteiger partial charge in [0.1, 0.15) is 0 Å². The number of carbonyl (C=O) groups is 3. The van der Waals surface area contributed by atoms with Crippen LogP contribution in [0, 0.1) is 5.92 Å². The van der Waals surface area contributed by atoms with E-state index in [-0.39, 0.29) is 30.3 Å². The predicted molar refractivity (Wildman–Crippen MR) is 120 cm³/mol. The molecule has 1 heterocycles. The number of halogens is 1. The molecule has 8 heteroatoms. The Kier molecular flexibility index (Phi) is 7.46. The highest BCUT2D eigenvalue weighted by Gasteiger charge is 2.30. The molecule has 7 nitrogen and oxygen atoms in total. The normalized spacial score (nSPS) is 15.9. The Labute approximate surface area is 184 Å². The molecule has 2 N–H and O–H groups in total. The van der Waals surface area contributed by atoms with E-state index in [0.717, 1.165) is 16.6 Å². The van der Waals surface area contributed by atoms with Crippen LogP contribution in [0.2, 0.25) is 0 Å². The van der Waals surface area contributed by atoms with Crippen LogP contribution in [0.15, 0.2) is 59.1 Å². The van der Waals surface area contributed by atoms with Crippen LogP contribution in [-0.4, -0.2) is 54.3 Å². The molecule has 1 saturated heterocycles. The number of hydrogen-bond donors (Lipinski definition) is 2. The summed E-state index contributed by atoms with van der Waals surface area (Å²) in [4.78, 5) is 40.8. The van der Waals surface area contributed by atoms with Crippen molar-refractivity contribution in [1.82, 2.24) is 9.80 Å². The number of carbonyl (C=O) groups excluding carboxylic acids is 3. The zero-order valence-electron chi connectivity index (χ0n) is 16.8. The first kappa shape index (κ1) is 21.8. The van der Waals surface area contributed by atoms with Crippen molar-refractivity contribution in [1.29, 1.82) is 0 Å². The van der Waals surface area contributed by atoms with Crippen LogP contribution in [0.3, 0.4) is 0 Å². The van der Waals surface area contributed by atoms with Crippen molar-refractivity contribution in [2.45, 2.75) is 12.8 Å². The molecule has 0 saturated carbocycles. The molecule has 0 aromatic heterocycles. The Hall–Kier alpha value is -2.87. The number of likely N-dealkylation sites (tertiary alicyclic amines) is 1. The second-order valence-corrected chi connectivity index (χ2v) is 8.16. The van der Waals surface area contributed by atoms with Crippen molar-refractivity contribution in [3.05, 3.63) is 59.1 Å². The minimum Gasteiger partial charge on any atom is -0.336 e. The van der Waals surface area contributed by atoms with Crippen molar-refractivity contribution in [2.75, 3.05) is 37.3 Å². The highest BCUT2D eigenvalue weighted by molar-refractivity contribution is 9.10.